The third kappa shape index (κ3) is 3.82. The maximum Gasteiger partial charge on any atom is 0.291 e. The first-order chi connectivity index (χ1) is 12.6. The lowest BCUT2D eigenvalue weighted by Gasteiger charge is -2.10. The van der Waals surface area contributed by atoms with E-state index in [1.807, 2.05) is 6.92 Å². The van der Waals surface area contributed by atoms with Crippen molar-refractivity contribution in [1.82, 2.24) is 0 Å². The van der Waals surface area contributed by atoms with Crippen molar-refractivity contribution in [2.45, 2.75) is 6.92 Å². The molecular formula is C21H16N2O3. The molecular weight excluding hydrogens is 328 g/mol. The van der Waals surface area contributed by atoms with Crippen LogP contribution in [0, 0.1) is 19.3 Å². The molecule has 0 aliphatic carbocycles. The summed E-state index contributed by atoms with van der Waals surface area (Å²) in [5, 5.41) is 5.55. The summed E-state index contributed by atoms with van der Waals surface area (Å²) in [5.74, 6) is 2.05. The molecule has 0 aliphatic rings. The molecule has 0 atom stereocenters. The number of amides is 2. The fourth-order valence-electron chi connectivity index (χ4n) is 2.38. The quantitative estimate of drug-likeness (QED) is 0.701. The molecule has 0 spiro atoms. The van der Waals surface area contributed by atoms with E-state index in [0.29, 0.717) is 22.5 Å². The second kappa shape index (κ2) is 7.41. The van der Waals surface area contributed by atoms with Crippen LogP contribution in [0.25, 0.3) is 0 Å². The smallest absolute Gasteiger partial charge is 0.291 e. The summed E-state index contributed by atoms with van der Waals surface area (Å²) in [6, 6.07) is 15.3. The Morgan fingerprint density at radius 1 is 1.00 bits per heavy atom. The van der Waals surface area contributed by atoms with Crippen molar-refractivity contribution in [3.63, 3.8) is 0 Å². The number of carbonyl (C=O) groups is 2. The number of aryl methyl sites for hydroxylation is 1. The lowest BCUT2D eigenvalue weighted by atomic mass is 10.1. The molecule has 0 radical (unpaired) electrons. The largest absolute Gasteiger partial charge is 0.459 e. The minimum absolute atomic E-state index is 0.199. The highest BCUT2D eigenvalue weighted by atomic mass is 16.3. The normalized spacial score (nSPS) is 10.0. The highest BCUT2D eigenvalue weighted by Crippen LogP contribution is 2.19. The first kappa shape index (κ1) is 17.1. The van der Waals surface area contributed by atoms with Gasteiger partial charge in [0.1, 0.15) is 0 Å². The fraction of sp³-hybridized carbons (Fsp3) is 0.0476. The van der Waals surface area contributed by atoms with Gasteiger partial charge < -0.3 is 15.1 Å². The summed E-state index contributed by atoms with van der Waals surface area (Å²) in [6.07, 6.45) is 6.80. The molecule has 26 heavy (non-hydrogen) atoms. The van der Waals surface area contributed by atoms with Gasteiger partial charge in [0.15, 0.2) is 5.76 Å². The Hall–Kier alpha value is -3.78. The predicted octanol–water partition coefficient (Wildman–Crippen LogP) is 4.07. The summed E-state index contributed by atoms with van der Waals surface area (Å²) in [7, 11) is 0. The van der Waals surface area contributed by atoms with E-state index in [1.54, 1.807) is 54.6 Å². The maximum atomic E-state index is 12.5. The van der Waals surface area contributed by atoms with Gasteiger partial charge >= 0.3 is 0 Å². The number of furan rings is 1. The molecule has 0 bridgehead atoms. The number of hydrogen-bond donors (Lipinski definition) is 2. The Morgan fingerprint density at radius 2 is 1.85 bits per heavy atom. The molecule has 0 saturated carbocycles. The SMILES string of the molecule is C#Cc1cccc(NC(=O)c2ccc(C)c(NC(=O)c3ccco3)c2)c1. The minimum atomic E-state index is -0.377. The van der Waals surface area contributed by atoms with Crippen LogP contribution in [-0.4, -0.2) is 11.8 Å². The van der Waals surface area contributed by atoms with Crippen LogP contribution < -0.4 is 10.6 Å². The number of rotatable bonds is 4. The molecule has 2 aromatic carbocycles. The molecule has 5 heteroatoms. The van der Waals surface area contributed by atoms with Crippen LogP contribution in [0.15, 0.2) is 65.3 Å². The van der Waals surface area contributed by atoms with Gasteiger partial charge in [-0.2, -0.15) is 0 Å². The standard InChI is InChI=1S/C21H16N2O3/c1-3-15-6-4-7-17(12-15)22-20(24)16-10-9-14(2)18(13-16)23-21(25)19-8-5-11-26-19/h1,4-13H,2H3,(H,22,24)(H,23,25). The van der Waals surface area contributed by atoms with Crippen molar-refractivity contribution < 1.29 is 14.0 Å². The van der Waals surface area contributed by atoms with E-state index in [4.69, 9.17) is 10.8 Å². The zero-order chi connectivity index (χ0) is 18.5. The molecule has 1 aromatic heterocycles. The third-order valence-electron chi connectivity index (χ3n) is 3.78. The maximum absolute atomic E-state index is 12.5. The molecule has 2 N–H and O–H groups in total. The van der Waals surface area contributed by atoms with Crippen LogP contribution in [0.5, 0.6) is 0 Å². The fourth-order valence-corrected chi connectivity index (χ4v) is 2.38. The summed E-state index contributed by atoms with van der Waals surface area (Å²) in [5.41, 5.74) is 3.06. The molecule has 0 saturated heterocycles. The zero-order valence-corrected chi connectivity index (χ0v) is 14.1. The Labute approximate surface area is 151 Å². The first-order valence-corrected chi connectivity index (χ1v) is 7.90. The van der Waals surface area contributed by atoms with Gasteiger partial charge in [-0.05, 0) is 55.0 Å². The average Bonchev–Trinajstić information content (AvgIpc) is 3.18. The van der Waals surface area contributed by atoms with Crippen molar-refractivity contribution in [2.75, 3.05) is 10.6 Å². The lowest BCUT2D eigenvalue weighted by molar-refractivity contribution is 0.0993. The third-order valence-corrected chi connectivity index (χ3v) is 3.78. The van der Waals surface area contributed by atoms with Crippen molar-refractivity contribution in [2.24, 2.45) is 0 Å². The summed E-state index contributed by atoms with van der Waals surface area (Å²) in [6.45, 7) is 1.84. The molecule has 5 nitrogen and oxygen atoms in total. The van der Waals surface area contributed by atoms with Crippen LogP contribution >= 0.6 is 0 Å². The van der Waals surface area contributed by atoms with Crippen LogP contribution in [0.2, 0.25) is 0 Å². The number of terminal acetylenes is 1. The Bertz CT molecular complexity index is 998. The second-order valence-corrected chi connectivity index (χ2v) is 5.64. The topological polar surface area (TPSA) is 71.3 Å². The number of anilines is 2. The van der Waals surface area contributed by atoms with Crippen LogP contribution in [0.1, 0.15) is 32.0 Å². The summed E-state index contributed by atoms with van der Waals surface area (Å²) < 4.78 is 5.08. The monoisotopic (exact) mass is 344 g/mol. The zero-order valence-electron chi connectivity index (χ0n) is 14.1. The Morgan fingerprint density at radius 3 is 2.58 bits per heavy atom. The van der Waals surface area contributed by atoms with Gasteiger partial charge in [-0.3, -0.25) is 9.59 Å². The van der Waals surface area contributed by atoms with E-state index in [-0.39, 0.29) is 17.6 Å². The van der Waals surface area contributed by atoms with E-state index in [9.17, 15) is 9.59 Å². The van der Waals surface area contributed by atoms with Crippen molar-refractivity contribution in [1.29, 1.82) is 0 Å². The predicted molar refractivity (Wildman–Crippen MR) is 100 cm³/mol. The van der Waals surface area contributed by atoms with E-state index in [0.717, 1.165) is 5.56 Å². The van der Waals surface area contributed by atoms with Crippen molar-refractivity contribution >= 4 is 23.2 Å². The number of carbonyl (C=O) groups excluding carboxylic acids is 2. The van der Waals surface area contributed by atoms with Gasteiger partial charge in [-0.25, -0.2) is 0 Å². The van der Waals surface area contributed by atoms with Gasteiger partial charge in [0.25, 0.3) is 11.8 Å². The van der Waals surface area contributed by atoms with E-state index < -0.39 is 0 Å². The van der Waals surface area contributed by atoms with Gasteiger partial charge in [0.05, 0.1) is 6.26 Å². The average molecular weight is 344 g/mol. The molecule has 1 heterocycles. The van der Waals surface area contributed by atoms with Crippen LogP contribution in [0.4, 0.5) is 11.4 Å². The highest BCUT2D eigenvalue weighted by molar-refractivity contribution is 6.07. The molecule has 3 aromatic rings. The molecule has 0 aliphatic heterocycles. The number of benzene rings is 2. The van der Waals surface area contributed by atoms with Gasteiger partial charge in [-0.1, -0.05) is 18.1 Å². The first-order valence-electron chi connectivity index (χ1n) is 7.90. The Kier molecular flexibility index (Phi) is 4.86. The summed E-state index contributed by atoms with van der Waals surface area (Å²) in [4.78, 5) is 24.6. The van der Waals surface area contributed by atoms with Crippen LogP contribution in [0.3, 0.4) is 0 Å². The van der Waals surface area contributed by atoms with E-state index in [1.165, 1.54) is 6.26 Å². The second-order valence-electron chi connectivity index (χ2n) is 5.64. The highest BCUT2D eigenvalue weighted by Gasteiger charge is 2.13. The lowest BCUT2D eigenvalue weighted by Crippen LogP contribution is -2.15. The molecule has 3 rings (SSSR count). The number of nitrogens with one attached hydrogen (secondary N) is 2. The Balaban J connectivity index is 1.79. The molecule has 128 valence electrons. The molecule has 0 unspecified atom stereocenters. The summed E-state index contributed by atoms with van der Waals surface area (Å²) >= 11 is 0. The molecule has 0 fully saturated rings. The number of hydrogen-bond acceptors (Lipinski definition) is 3. The van der Waals surface area contributed by atoms with Gasteiger partial charge in [0.2, 0.25) is 0 Å². The van der Waals surface area contributed by atoms with Gasteiger partial charge in [-0.15, -0.1) is 6.42 Å². The van der Waals surface area contributed by atoms with Crippen molar-refractivity contribution in [3.05, 3.63) is 83.3 Å². The van der Waals surface area contributed by atoms with Crippen LogP contribution in [-0.2, 0) is 0 Å². The van der Waals surface area contributed by atoms with Gasteiger partial charge in [0, 0.05) is 22.5 Å². The van der Waals surface area contributed by atoms with Crippen molar-refractivity contribution in [3.8, 4) is 12.3 Å². The molecule has 2 amide bonds. The van der Waals surface area contributed by atoms with E-state index >= 15 is 0 Å². The van der Waals surface area contributed by atoms with E-state index in [2.05, 4.69) is 16.6 Å². The minimum Gasteiger partial charge on any atom is -0.459 e.